The number of carbonyl (C=O) groups excluding carboxylic acids is 2. The fourth-order valence-electron chi connectivity index (χ4n) is 3.11. The van der Waals surface area contributed by atoms with Crippen molar-refractivity contribution in [3.8, 4) is 0 Å². The first-order valence-electron chi connectivity index (χ1n) is 8.69. The number of amides is 3. The van der Waals surface area contributed by atoms with E-state index in [9.17, 15) is 9.59 Å². The molecule has 0 saturated carbocycles. The van der Waals surface area contributed by atoms with Crippen molar-refractivity contribution in [3.05, 3.63) is 59.0 Å². The largest absolute Gasteiger partial charge is 0.459 e. The summed E-state index contributed by atoms with van der Waals surface area (Å²) in [5, 5.41) is 6.52. The molecule has 1 aliphatic rings. The monoisotopic (exact) mass is 375 g/mol. The lowest BCUT2D eigenvalue weighted by atomic mass is 10.0. The van der Waals surface area contributed by atoms with Gasteiger partial charge in [-0.25, -0.2) is 4.79 Å². The number of rotatable bonds is 4. The van der Waals surface area contributed by atoms with Crippen LogP contribution in [0.5, 0.6) is 0 Å². The highest BCUT2D eigenvalue weighted by Gasteiger charge is 2.26. The van der Waals surface area contributed by atoms with Gasteiger partial charge in [-0.3, -0.25) is 4.79 Å². The summed E-state index contributed by atoms with van der Waals surface area (Å²) in [6.45, 7) is 3.07. The van der Waals surface area contributed by atoms with Gasteiger partial charge in [0.05, 0.1) is 12.3 Å². The second-order valence-electron chi connectivity index (χ2n) is 6.40. The molecule has 1 saturated heterocycles. The molecule has 26 heavy (non-hydrogen) atoms. The van der Waals surface area contributed by atoms with E-state index in [0.29, 0.717) is 36.7 Å². The maximum atomic E-state index is 12.2. The Morgan fingerprint density at radius 1 is 1.19 bits per heavy atom. The summed E-state index contributed by atoms with van der Waals surface area (Å²) < 4.78 is 5.15. The molecule has 0 radical (unpaired) electrons. The van der Waals surface area contributed by atoms with Crippen LogP contribution in [0.4, 0.5) is 4.79 Å². The van der Waals surface area contributed by atoms with Crippen molar-refractivity contribution in [1.82, 2.24) is 15.5 Å². The molecule has 2 aromatic rings. The Balaban J connectivity index is 1.46. The maximum absolute atomic E-state index is 12.2. The Bertz CT molecular complexity index is 755. The third-order valence-electron chi connectivity index (χ3n) is 4.57. The lowest BCUT2D eigenvalue weighted by Gasteiger charge is -2.32. The quantitative estimate of drug-likeness (QED) is 0.857. The zero-order valence-electron chi connectivity index (χ0n) is 14.6. The van der Waals surface area contributed by atoms with E-state index in [1.165, 1.54) is 6.26 Å². The van der Waals surface area contributed by atoms with Gasteiger partial charge >= 0.3 is 6.03 Å². The third kappa shape index (κ3) is 4.38. The van der Waals surface area contributed by atoms with Crippen molar-refractivity contribution in [2.45, 2.75) is 31.8 Å². The topological polar surface area (TPSA) is 74.6 Å². The molecule has 0 bridgehead atoms. The van der Waals surface area contributed by atoms with Gasteiger partial charge < -0.3 is 20.0 Å². The Morgan fingerprint density at radius 2 is 1.92 bits per heavy atom. The minimum atomic E-state index is -0.228. The van der Waals surface area contributed by atoms with Crippen molar-refractivity contribution in [2.75, 3.05) is 13.1 Å². The standard InChI is InChI=1S/C19H22ClN3O3/c1-13(15-5-2-3-6-16(15)20)21-19(25)22-14-8-10-23(11-9-14)18(24)17-7-4-12-26-17/h2-7,12-14H,8-11H2,1H3,(H2,21,22,25). The zero-order valence-corrected chi connectivity index (χ0v) is 15.3. The number of hydrogen-bond acceptors (Lipinski definition) is 3. The number of urea groups is 1. The lowest BCUT2D eigenvalue weighted by Crippen LogP contribution is -2.49. The van der Waals surface area contributed by atoms with Crippen LogP contribution in [0.2, 0.25) is 5.02 Å². The molecule has 1 unspecified atom stereocenters. The fraction of sp³-hybridized carbons (Fsp3) is 0.368. The van der Waals surface area contributed by atoms with E-state index in [2.05, 4.69) is 10.6 Å². The van der Waals surface area contributed by atoms with Crippen LogP contribution in [-0.4, -0.2) is 36.0 Å². The van der Waals surface area contributed by atoms with Gasteiger partial charge in [0.2, 0.25) is 0 Å². The molecule has 0 spiro atoms. The highest BCUT2D eigenvalue weighted by Crippen LogP contribution is 2.22. The molecular formula is C19H22ClN3O3. The molecule has 138 valence electrons. The van der Waals surface area contributed by atoms with Gasteiger partial charge in [-0.05, 0) is 43.5 Å². The summed E-state index contributed by atoms with van der Waals surface area (Å²) in [6, 6.07) is 10.4. The molecule has 7 heteroatoms. The summed E-state index contributed by atoms with van der Waals surface area (Å²) in [5.74, 6) is 0.243. The number of halogens is 1. The van der Waals surface area contributed by atoms with E-state index in [1.807, 2.05) is 25.1 Å². The minimum Gasteiger partial charge on any atom is -0.459 e. The van der Waals surface area contributed by atoms with Gasteiger partial charge in [-0.15, -0.1) is 0 Å². The van der Waals surface area contributed by atoms with Crippen LogP contribution in [0.25, 0.3) is 0 Å². The number of benzene rings is 1. The molecule has 2 N–H and O–H groups in total. The smallest absolute Gasteiger partial charge is 0.315 e. The predicted octanol–water partition coefficient (Wildman–Crippen LogP) is 3.60. The van der Waals surface area contributed by atoms with E-state index in [4.69, 9.17) is 16.0 Å². The number of hydrogen-bond donors (Lipinski definition) is 2. The van der Waals surface area contributed by atoms with Crippen LogP contribution in [0.15, 0.2) is 47.1 Å². The number of carbonyl (C=O) groups is 2. The number of nitrogens with zero attached hydrogens (tertiary/aromatic N) is 1. The molecule has 1 aliphatic heterocycles. The first-order chi connectivity index (χ1) is 12.5. The summed E-state index contributed by atoms with van der Waals surface area (Å²) in [5.41, 5.74) is 0.878. The van der Waals surface area contributed by atoms with Gasteiger partial charge in [0, 0.05) is 24.2 Å². The van der Waals surface area contributed by atoms with Gasteiger partial charge in [-0.1, -0.05) is 29.8 Å². The highest BCUT2D eigenvalue weighted by atomic mass is 35.5. The summed E-state index contributed by atoms with van der Waals surface area (Å²) in [7, 11) is 0. The lowest BCUT2D eigenvalue weighted by molar-refractivity contribution is 0.0676. The number of piperidine rings is 1. The second kappa shape index (κ2) is 8.27. The normalized spacial score (nSPS) is 16.2. The Labute approximate surface area is 157 Å². The van der Waals surface area contributed by atoms with Crippen molar-refractivity contribution in [1.29, 1.82) is 0 Å². The summed E-state index contributed by atoms with van der Waals surface area (Å²) in [6.07, 6.45) is 2.91. The average molecular weight is 376 g/mol. The number of furan rings is 1. The van der Waals surface area contributed by atoms with Crippen LogP contribution in [-0.2, 0) is 0 Å². The van der Waals surface area contributed by atoms with Gasteiger partial charge in [0.1, 0.15) is 0 Å². The summed E-state index contributed by atoms with van der Waals surface area (Å²) >= 11 is 6.17. The summed E-state index contributed by atoms with van der Waals surface area (Å²) in [4.78, 5) is 26.2. The van der Waals surface area contributed by atoms with Gasteiger partial charge in [-0.2, -0.15) is 0 Å². The molecule has 1 aromatic carbocycles. The molecule has 1 aromatic heterocycles. The molecular weight excluding hydrogens is 354 g/mol. The van der Waals surface area contributed by atoms with Crippen molar-refractivity contribution in [3.63, 3.8) is 0 Å². The Hall–Kier alpha value is -2.47. The number of likely N-dealkylation sites (tertiary alicyclic amines) is 1. The van der Waals surface area contributed by atoms with Crippen molar-refractivity contribution in [2.24, 2.45) is 0 Å². The third-order valence-corrected chi connectivity index (χ3v) is 4.91. The number of nitrogens with one attached hydrogen (secondary N) is 2. The molecule has 3 rings (SSSR count). The highest BCUT2D eigenvalue weighted by molar-refractivity contribution is 6.31. The van der Waals surface area contributed by atoms with Crippen LogP contribution in [0.1, 0.15) is 41.9 Å². The SMILES string of the molecule is CC(NC(=O)NC1CCN(C(=O)c2ccco2)CC1)c1ccccc1Cl. The second-order valence-corrected chi connectivity index (χ2v) is 6.81. The van der Waals surface area contributed by atoms with Crippen LogP contribution < -0.4 is 10.6 Å². The van der Waals surface area contributed by atoms with Gasteiger partial charge in [0.25, 0.3) is 5.91 Å². The Kier molecular flexibility index (Phi) is 5.83. The molecule has 1 fully saturated rings. The van der Waals surface area contributed by atoms with Crippen LogP contribution in [0, 0.1) is 0 Å². The first-order valence-corrected chi connectivity index (χ1v) is 9.06. The van der Waals surface area contributed by atoms with Crippen molar-refractivity contribution >= 4 is 23.5 Å². The van der Waals surface area contributed by atoms with Crippen molar-refractivity contribution < 1.29 is 14.0 Å². The maximum Gasteiger partial charge on any atom is 0.315 e. The Morgan fingerprint density at radius 3 is 2.58 bits per heavy atom. The molecule has 3 amide bonds. The predicted molar refractivity (Wildman–Crippen MR) is 99.2 cm³/mol. The average Bonchev–Trinajstić information content (AvgIpc) is 3.16. The molecule has 1 atom stereocenters. The zero-order chi connectivity index (χ0) is 18.5. The molecule has 6 nitrogen and oxygen atoms in total. The minimum absolute atomic E-state index is 0.0362. The molecule has 0 aliphatic carbocycles. The van der Waals surface area contributed by atoms with E-state index in [-0.39, 0.29) is 24.0 Å². The van der Waals surface area contributed by atoms with Crippen LogP contribution in [0.3, 0.4) is 0 Å². The van der Waals surface area contributed by atoms with E-state index < -0.39 is 0 Å². The molecule has 2 heterocycles. The first kappa shape index (κ1) is 18.3. The van der Waals surface area contributed by atoms with E-state index >= 15 is 0 Å². The van der Waals surface area contributed by atoms with E-state index in [1.54, 1.807) is 23.1 Å². The fourth-order valence-corrected chi connectivity index (χ4v) is 3.41. The van der Waals surface area contributed by atoms with Gasteiger partial charge in [0.15, 0.2) is 5.76 Å². The van der Waals surface area contributed by atoms with Crippen LogP contribution >= 0.6 is 11.6 Å². The van der Waals surface area contributed by atoms with E-state index in [0.717, 1.165) is 5.56 Å².